The highest BCUT2D eigenvalue weighted by molar-refractivity contribution is 9.10. The Balaban J connectivity index is 3.69. The third kappa shape index (κ3) is 1.91. The smallest absolute Gasteiger partial charge is 0.102 e. The van der Waals surface area contributed by atoms with Gasteiger partial charge in [-0.1, -0.05) is 46.4 Å². The Morgan fingerprint density at radius 1 is 0.923 bits per heavy atom. The Morgan fingerprint density at radius 3 is 1.85 bits per heavy atom. The molecule has 0 amide bonds. The summed E-state index contributed by atoms with van der Waals surface area (Å²) in [4.78, 5) is 0. The lowest BCUT2D eigenvalue weighted by Crippen LogP contribution is -1.85. The molecule has 0 radical (unpaired) electrons. The Bertz CT molecular complexity index is 381. The second-order valence-electron chi connectivity index (χ2n) is 2.06. The molecular weight excluding hydrogens is 320 g/mol. The SMILES string of the molecule is N#Cc1c(Cl)c(Cl)c(Cl)c(Cl)c1Br. The normalized spacial score (nSPS) is 9.85. The molecule has 0 atom stereocenters. The van der Waals surface area contributed by atoms with Gasteiger partial charge in [-0.15, -0.1) is 0 Å². The van der Waals surface area contributed by atoms with E-state index >= 15 is 0 Å². The molecule has 0 heterocycles. The van der Waals surface area contributed by atoms with Gasteiger partial charge in [-0.25, -0.2) is 0 Å². The van der Waals surface area contributed by atoms with Crippen LogP contribution >= 0.6 is 62.3 Å². The van der Waals surface area contributed by atoms with Crippen LogP contribution in [-0.2, 0) is 0 Å². The van der Waals surface area contributed by atoms with Gasteiger partial charge in [0.05, 0.1) is 30.1 Å². The lowest BCUT2D eigenvalue weighted by Gasteiger charge is -2.06. The highest BCUT2D eigenvalue weighted by Gasteiger charge is 2.18. The zero-order valence-electron chi connectivity index (χ0n) is 5.84. The largest absolute Gasteiger partial charge is 0.192 e. The van der Waals surface area contributed by atoms with Crippen LogP contribution in [0.15, 0.2) is 4.47 Å². The van der Waals surface area contributed by atoms with Crippen molar-refractivity contribution in [3.05, 3.63) is 30.1 Å². The van der Waals surface area contributed by atoms with Gasteiger partial charge < -0.3 is 0 Å². The number of rotatable bonds is 0. The van der Waals surface area contributed by atoms with E-state index < -0.39 is 0 Å². The van der Waals surface area contributed by atoms with Crippen molar-refractivity contribution >= 4 is 62.3 Å². The molecule has 0 spiro atoms. The molecule has 0 unspecified atom stereocenters. The average molecular weight is 320 g/mol. The summed E-state index contributed by atoms with van der Waals surface area (Å²) < 4.78 is 0.357. The van der Waals surface area contributed by atoms with Gasteiger partial charge in [0.2, 0.25) is 0 Å². The first-order chi connectivity index (χ1) is 6.00. The second kappa shape index (κ2) is 4.25. The van der Waals surface area contributed by atoms with Crippen molar-refractivity contribution in [2.75, 3.05) is 0 Å². The van der Waals surface area contributed by atoms with E-state index in [0.29, 0.717) is 4.47 Å². The van der Waals surface area contributed by atoms with E-state index in [1.807, 2.05) is 6.07 Å². The first-order valence-electron chi connectivity index (χ1n) is 2.92. The molecule has 0 N–H and O–H groups in total. The first kappa shape index (κ1) is 11.4. The second-order valence-corrected chi connectivity index (χ2v) is 4.36. The van der Waals surface area contributed by atoms with Gasteiger partial charge in [-0.2, -0.15) is 5.26 Å². The van der Waals surface area contributed by atoms with Crippen molar-refractivity contribution in [2.45, 2.75) is 0 Å². The van der Waals surface area contributed by atoms with Gasteiger partial charge in [0, 0.05) is 0 Å². The molecule has 6 heteroatoms. The zero-order chi connectivity index (χ0) is 10.2. The number of benzene rings is 1. The maximum Gasteiger partial charge on any atom is 0.102 e. The van der Waals surface area contributed by atoms with Crippen molar-refractivity contribution in [1.82, 2.24) is 0 Å². The minimum absolute atomic E-state index is 0.0908. The van der Waals surface area contributed by atoms with Crippen LogP contribution in [0.3, 0.4) is 0 Å². The molecule has 13 heavy (non-hydrogen) atoms. The van der Waals surface area contributed by atoms with Crippen LogP contribution in [0.25, 0.3) is 0 Å². The number of nitrogens with zero attached hydrogens (tertiary/aromatic N) is 1. The maximum atomic E-state index is 8.71. The van der Waals surface area contributed by atoms with Crippen molar-refractivity contribution in [2.24, 2.45) is 0 Å². The molecule has 0 fully saturated rings. The summed E-state index contributed by atoms with van der Waals surface area (Å²) in [6, 6.07) is 1.87. The maximum absolute atomic E-state index is 8.71. The van der Waals surface area contributed by atoms with Crippen LogP contribution in [-0.4, -0.2) is 0 Å². The standard InChI is InChI=1S/C7BrCl4N/c8-3-2(1-13)4(9)6(11)7(12)5(3)10. The van der Waals surface area contributed by atoms with Gasteiger partial charge >= 0.3 is 0 Å². The third-order valence-corrected chi connectivity index (χ3v) is 4.14. The lowest BCUT2D eigenvalue weighted by atomic mass is 10.2. The molecular formula is C7BrCl4N. The van der Waals surface area contributed by atoms with E-state index in [2.05, 4.69) is 15.9 Å². The summed E-state index contributed by atoms with van der Waals surface area (Å²) in [7, 11) is 0. The van der Waals surface area contributed by atoms with Crippen molar-refractivity contribution in [1.29, 1.82) is 5.26 Å². The van der Waals surface area contributed by atoms with E-state index in [0.717, 1.165) is 0 Å². The van der Waals surface area contributed by atoms with E-state index in [-0.39, 0.29) is 25.7 Å². The summed E-state index contributed by atoms with van der Waals surface area (Å²) in [5, 5.41) is 9.23. The predicted octanol–water partition coefficient (Wildman–Crippen LogP) is 4.93. The lowest BCUT2D eigenvalue weighted by molar-refractivity contribution is 1.46. The minimum atomic E-state index is 0.0908. The molecule has 1 rings (SSSR count). The molecule has 1 aromatic rings. The minimum Gasteiger partial charge on any atom is -0.192 e. The van der Waals surface area contributed by atoms with Crippen LogP contribution in [0.4, 0.5) is 0 Å². The zero-order valence-corrected chi connectivity index (χ0v) is 10.4. The molecule has 0 aliphatic carbocycles. The van der Waals surface area contributed by atoms with Gasteiger partial charge in [-0.05, 0) is 15.9 Å². The number of nitriles is 1. The summed E-state index contributed by atoms with van der Waals surface area (Å²) in [5.41, 5.74) is 0.182. The van der Waals surface area contributed by atoms with Crippen LogP contribution in [0.2, 0.25) is 20.1 Å². The van der Waals surface area contributed by atoms with Crippen LogP contribution in [0, 0.1) is 11.3 Å². The Morgan fingerprint density at radius 2 is 1.38 bits per heavy atom. The number of hydrogen-bond acceptors (Lipinski definition) is 1. The molecule has 0 aliphatic rings. The number of halogens is 5. The van der Waals surface area contributed by atoms with Gasteiger partial charge in [0.25, 0.3) is 0 Å². The summed E-state index contributed by atoms with van der Waals surface area (Å²) >= 11 is 26.1. The Labute approximate surface area is 103 Å². The van der Waals surface area contributed by atoms with E-state index in [4.69, 9.17) is 51.7 Å². The average Bonchev–Trinajstić information content (AvgIpc) is 2.13. The van der Waals surface area contributed by atoms with E-state index in [9.17, 15) is 0 Å². The monoisotopic (exact) mass is 317 g/mol. The van der Waals surface area contributed by atoms with Crippen molar-refractivity contribution in [3.63, 3.8) is 0 Å². The van der Waals surface area contributed by atoms with Crippen LogP contribution in [0.5, 0.6) is 0 Å². The molecule has 0 saturated heterocycles. The summed E-state index contributed by atoms with van der Waals surface area (Å²) in [6.07, 6.45) is 0. The predicted molar refractivity (Wildman–Crippen MR) is 58.9 cm³/mol. The molecule has 0 aliphatic heterocycles. The summed E-state index contributed by atoms with van der Waals surface area (Å²) in [5.74, 6) is 0. The fraction of sp³-hybridized carbons (Fsp3) is 0. The molecule has 0 aromatic heterocycles. The highest BCUT2D eigenvalue weighted by Crippen LogP contribution is 2.43. The third-order valence-electron chi connectivity index (χ3n) is 1.32. The van der Waals surface area contributed by atoms with Crippen LogP contribution < -0.4 is 0 Å². The molecule has 1 nitrogen and oxygen atoms in total. The topological polar surface area (TPSA) is 23.8 Å². The van der Waals surface area contributed by atoms with Crippen LogP contribution in [0.1, 0.15) is 5.56 Å². The van der Waals surface area contributed by atoms with Crippen molar-refractivity contribution in [3.8, 4) is 6.07 Å². The fourth-order valence-corrected chi connectivity index (χ4v) is 2.31. The van der Waals surface area contributed by atoms with Crippen molar-refractivity contribution < 1.29 is 0 Å². The molecule has 1 aromatic carbocycles. The highest BCUT2D eigenvalue weighted by atomic mass is 79.9. The van der Waals surface area contributed by atoms with Gasteiger partial charge in [-0.3, -0.25) is 0 Å². The Kier molecular flexibility index (Phi) is 3.73. The molecule has 0 bridgehead atoms. The van der Waals surface area contributed by atoms with E-state index in [1.54, 1.807) is 0 Å². The van der Waals surface area contributed by atoms with Gasteiger partial charge in [0.15, 0.2) is 0 Å². The number of hydrogen-bond donors (Lipinski definition) is 0. The summed E-state index contributed by atoms with van der Waals surface area (Å²) in [6.45, 7) is 0. The molecule has 68 valence electrons. The fourth-order valence-electron chi connectivity index (χ4n) is 0.703. The van der Waals surface area contributed by atoms with Gasteiger partial charge in [0.1, 0.15) is 6.07 Å². The quantitative estimate of drug-likeness (QED) is 0.491. The first-order valence-corrected chi connectivity index (χ1v) is 5.22. The Hall–Kier alpha value is 0.350. The molecule has 0 saturated carbocycles. The van der Waals surface area contributed by atoms with E-state index in [1.165, 1.54) is 0 Å².